The second kappa shape index (κ2) is 5.48. The zero-order chi connectivity index (χ0) is 13.0. The van der Waals surface area contributed by atoms with Crippen LogP contribution in [0.15, 0.2) is 24.3 Å². The van der Waals surface area contributed by atoms with Crippen molar-refractivity contribution in [2.24, 2.45) is 5.41 Å². The van der Waals surface area contributed by atoms with Crippen molar-refractivity contribution >= 4 is 5.91 Å². The molecule has 98 valence electrons. The summed E-state index contributed by atoms with van der Waals surface area (Å²) >= 11 is 0. The molecule has 4 heteroatoms. The zero-order valence-corrected chi connectivity index (χ0v) is 10.6. The number of rotatable bonds is 5. The molecule has 2 rings (SSSR count). The summed E-state index contributed by atoms with van der Waals surface area (Å²) in [4.78, 5) is 11.9. The molecular weight excluding hydrogens is 231 g/mol. The third-order valence-corrected chi connectivity index (χ3v) is 3.68. The van der Waals surface area contributed by atoms with Crippen molar-refractivity contribution < 1.29 is 9.18 Å². The van der Waals surface area contributed by atoms with Crippen molar-refractivity contribution in [2.75, 3.05) is 20.1 Å². The van der Waals surface area contributed by atoms with E-state index >= 15 is 0 Å². The molecule has 1 fully saturated rings. The van der Waals surface area contributed by atoms with Crippen LogP contribution in [0.4, 0.5) is 4.39 Å². The maximum Gasteiger partial charge on any atom is 0.251 e. The lowest BCUT2D eigenvalue weighted by Gasteiger charge is -2.42. The molecule has 1 aliphatic carbocycles. The molecule has 0 spiro atoms. The van der Waals surface area contributed by atoms with Gasteiger partial charge in [0.2, 0.25) is 0 Å². The van der Waals surface area contributed by atoms with Gasteiger partial charge in [0, 0.05) is 24.1 Å². The Morgan fingerprint density at radius 1 is 1.39 bits per heavy atom. The van der Waals surface area contributed by atoms with Crippen LogP contribution in [-0.4, -0.2) is 26.0 Å². The predicted molar refractivity (Wildman–Crippen MR) is 68.9 cm³/mol. The maximum absolute atomic E-state index is 13.0. The van der Waals surface area contributed by atoms with Crippen LogP contribution >= 0.6 is 0 Å². The van der Waals surface area contributed by atoms with E-state index in [2.05, 4.69) is 10.6 Å². The SMILES string of the molecule is CNCC1(CNC(=O)c2cccc(F)c2)CCC1. The first kappa shape index (κ1) is 13.0. The van der Waals surface area contributed by atoms with E-state index in [0.717, 1.165) is 19.4 Å². The highest BCUT2D eigenvalue weighted by molar-refractivity contribution is 5.94. The smallest absolute Gasteiger partial charge is 0.251 e. The van der Waals surface area contributed by atoms with Gasteiger partial charge in [-0.05, 0) is 38.1 Å². The molecule has 0 heterocycles. The number of carbonyl (C=O) groups is 1. The van der Waals surface area contributed by atoms with Gasteiger partial charge in [0.1, 0.15) is 5.82 Å². The fraction of sp³-hybridized carbons (Fsp3) is 0.500. The van der Waals surface area contributed by atoms with Crippen molar-refractivity contribution in [3.63, 3.8) is 0 Å². The third kappa shape index (κ3) is 2.88. The first-order valence-electron chi connectivity index (χ1n) is 6.34. The molecule has 1 aliphatic rings. The Labute approximate surface area is 107 Å². The molecule has 1 aromatic carbocycles. The maximum atomic E-state index is 13.0. The Morgan fingerprint density at radius 2 is 2.17 bits per heavy atom. The van der Waals surface area contributed by atoms with E-state index in [1.807, 2.05) is 7.05 Å². The minimum atomic E-state index is -0.378. The van der Waals surface area contributed by atoms with E-state index in [4.69, 9.17) is 0 Å². The van der Waals surface area contributed by atoms with Crippen LogP contribution in [-0.2, 0) is 0 Å². The van der Waals surface area contributed by atoms with Crippen LogP contribution in [0.25, 0.3) is 0 Å². The summed E-state index contributed by atoms with van der Waals surface area (Å²) in [7, 11) is 1.93. The van der Waals surface area contributed by atoms with Crippen LogP contribution in [0, 0.1) is 11.2 Å². The summed E-state index contributed by atoms with van der Waals surface area (Å²) in [5.74, 6) is -0.576. The van der Waals surface area contributed by atoms with E-state index in [9.17, 15) is 9.18 Å². The summed E-state index contributed by atoms with van der Waals surface area (Å²) in [6.07, 6.45) is 3.49. The molecule has 0 aromatic heterocycles. The molecular formula is C14H19FN2O. The summed E-state index contributed by atoms with van der Waals surface area (Å²) in [5.41, 5.74) is 0.575. The Morgan fingerprint density at radius 3 is 2.72 bits per heavy atom. The summed E-state index contributed by atoms with van der Waals surface area (Å²) in [6, 6.07) is 5.78. The van der Waals surface area contributed by atoms with Crippen molar-refractivity contribution in [3.8, 4) is 0 Å². The van der Waals surface area contributed by atoms with Gasteiger partial charge in [-0.15, -0.1) is 0 Å². The first-order valence-corrected chi connectivity index (χ1v) is 6.34. The molecule has 0 bridgehead atoms. The summed E-state index contributed by atoms with van der Waals surface area (Å²) in [6.45, 7) is 1.57. The Kier molecular flexibility index (Phi) is 3.97. The molecule has 0 atom stereocenters. The highest BCUT2D eigenvalue weighted by Gasteiger charge is 2.36. The number of amides is 1. The third-order valence-electron chi connectivity index (χ3n) is 3.68. The van der Waals surface area contributed by atoms with Crippen molar-refractivity contribution in [2.45, 2.75) is 19.3 Å². The molecule has 1 amide bonds. The normalized spacial score (nSPS) is 17.0. The highest BCUT2D eigenvalue weighted by Crippen LogP contribution is 2.39. The fourth-order valence-corrected chi connectivity index (χ4v) is 2.47. The highest BCUT2D eigenvalue weighted by atomic mass is 19.1. The van der Waals surface area contributed by atoms with Gasteiger partial charge < -0.3 is 10.6 Å². The first-order chi connectivity index (χ1) is 8.65. The number of hydrogen-bond acceptors (Lipinski definition) is 2. The molecule has 1 aromatic rings. The van der Waals surface area contributed by atoms with E-state index < -0.39 is 0 Å². The van der Waals surface area contributed by atoms with Crippen molar-refractivity contribution in [3.05, 3.63) is 35.6 Å². The lowest BCUT2D eigenvalue weighted by atomic mass is 9.68. The lowest BCUT2D eigenvalue weighted by Crippen LogP contribution is -2.47. The summed E-state index contributed by atoms with van der Waals surface area (Å²) in [5, 5.41) is 6.08. The number of nitrogens with one attached hydrogen (secondary N) is 2. The monoisotopic (exact) mass is 250 g/mol. The van der Waals surface area contributed by atoms with Crippen LogP contribution < -0.4 is 10.6 Å². The van der Waals surface area contributed by atoms with E-state index in [1.165, 1.54) is 18.6 Å². The molecule has 0 radical (unpaired) electrons. The lowest BCUT2D eigenvalue weighted by molar-refractivity contribution is 0.0862. The van der Waals surface area contributed by atoms with Crippen LogP contribution in [0.5, 0.6) is 0 Å². The van der Waals surface area contributed by atoms with E-state index in [-0.39, 0.29) is 17.1 Å². The Hall–Kier alpha value is -1.42. The van der Waals surface area contributed by atoms with Crippen molar-refractivity contribution in [1.29, 1.82) is 0 Å². The average Bonchev–Trinajstić information content (AvgIpc) is 2.32. The van der Waals surface area contributed by atoms with Gasteiger partial charge in [0.05, 0.1) is 0 Å². The number of carbonyl (C=O) groups excluding carboxylic acids is 1. The average molecular weight is 250 g/mol. The fourth-order valence-electron chi connectivity index (χ4n) is 2.47. The van der Waals surface area contributed by atoms with Gasteiger partial charge in [-0.1, -0.05) is 12.5 Å². The zero-order valence-electron chi connectivity index (χ0n) is 10.6. The van der Waals surface area contributed by atoms with E-state index in [0.29, 0.717) is 12.1 Å². The molecule has 2 N–H and O–H groups in total. The standard InChI is InChI=1S/C14H19FN2O/c1-16-9-14(6-3-7-14)10-17-13(18)11-4-2-5-12(15)8-11/h2,4-5,8,16H,3,6-7,9-10H2,1H3,(H,17,18). The molecule has 0 unspecified atom stereocenters. The van der Waals surface area contributed by atoms with Gasteiger partial charge in [0.25, 0.3) is 5.91 Å². The second-order valence-electron chi connectivity index (χ2n) is 5.08. The minimum absolute atomic E-state index is 0.192. The van der Waals surface area contributed by atoms with E-state index in [1.54, 1.807) is 12.1 Å². The minimum Gasteiger partial charge on any atom is -0.351 e. The van der Waals surface area contributed by atoms with Gasteiger partial charge >= 0.3 is 0 Å². The second-order valence-corrected chi connectivity index (χ2v) is 5.08. The molecule has 1 saturated carbocycles. The van der Waals surface area contributed by atoms with Gasteiger partial charge in [-0.25, -0.2) is 4.39 Å². The molecule has 3 nitrogen and oxygen atoms in total. The Bertz CT molecular complexity index is 430. The number of benzene rings is 1. The van der Waals surface area contributed by atoms with Crippen LogP contribution in [0.2, 0.25) is 0 Å². The van der Waals surface area contributed by atoms with Crippen LogP contribution in [0.1, 0.15) is 29.6 Å². The van der Waals surface area contributed by atoms with Gasteiger partial charge in [-0.2, -0.15) is 0 Å². The topological polar surface area (TPSA) is 41.1 Å². The molecule has 18 heavy (non-hydrogen) atoms. The van der Waals surface area contributed by atoms with Crippen molar-refractivity contribution in [1.82, 2.24) is 10.6 Å². The quantitative estimate of drug-likeness (QED) is 0.838. The largest absolute Gasteiger partial charge is 0.351 e. The van der Waals surface area contributed by atoms with Gasteiger partial charge in [0.15, 0.2) is 0 Å². The number of halogens is 1. The van der Waals surface area contributed by atoms with Crippen LogP contribution in [0.3, 0.4) is 0 Å². The molecule has 0 aliphatic heterocycles. The number of hydrogen-bond donors (Lipinski definition) is 2. The Balaban J connectivity index is 1.92. The molecule has 0 saturated heterocycles. The predicted octanol–water partition coefficient (Wildman–Crippen LogP) is 1.95. The van der Waals surface area contributed by atoms with Gasteiger partial charge in [-0.3, -0.25) is 4.79 Å². The summed E-state index contributed by atoms with van der Waals surface area (Å²) < 4.78 is 13.0.